The second-order valence-electron chi connectivity index (χ2n) is 5.82. The number of hydrogen-bond acceptors (Lipinski definition) is 5. The van der Waals surface area contributed by atoms with Crippen LogP contribution < -0.4 is 24.8 Å². The molecule has 2 aromatic rings. The van der Waals surface area contributed by atoms with Crippen molar-refractivity contribution >= 4 is 5.96 Å². The molecule has 0 radical (unpaired) electrons. The van der Waals surface area contributed by atoms with Gasteiger partial charge < -0.3 is 24.8 Å². The Bertz CT molecular complexity index is 810. The highest BCUT2D eigenvalue weighted by Gasteiger charge is 2.20. The Kier molecular flexibility index (Phi) is 5.94. The van der Waals surface area contributed by atoms with Crippen LogP contribution in [0.2, 0.25) is 0 Å². The van der Waals surface area contributed by atoms with Gasteiger partial charge >= 0.3 is 6.61 Å². The number of nitrogens with one attached hydrogen (secondary N) is 2. The lowest BCUT2D eigenvalue weighted by molar-refractivity contribution is -0.0505. The van der Waals surface area contributed by atoms with Crippen molar-refractivity contribution in [3.05, 3.63) is 35.7 Å². The van der Waals surface area contributed by atoms with E-state index in [0.717, 1.165) is 5.56 Å². The van der Waals surface area contributed by atoms with Crippen molar-refractivity contribution in [3.8, 4) is 17.2 Å². The minimum absolute atomic E-state index is 0.0317. The lowest BCUT2D eigenvalue weighted by Crippen LogP contribution is -2.38. The zero-order valence-corrected chi connectivity index (χ0v) is 15.0. The summed E-state index contributed by atoms with van der Waals surface area (Å²) in [5.41, 5.74) is 1.59. The van der Waals surface area contributed by atoms with E-state index in [0.29, 0.717) is 36.1 Å². The molecule has 3 rings (SSSR count). The molecule has 0 aliphatic carbocycles. The normalized spacial score (nSPS) is 13.1. The van der Waals surface area contributed by atoms with Crippen molar-refractivity contribution in [2.75, 3.05) is 20.4 Å². The average molecular weight is 381 g/mol. The Hall–Kier alpha value is -3.04. The molecule has 0 saturated heterocycles. The fourth-order valence-electron chi connectivity index (χ4n) is 2.59. The maximum atomic E-state index is 12.7. The highest BCUT2D eigenvalue weighted by molar-refractivity contribution is 5.79. The number of ether oxygens (including phenoxy) is 3. The Morgan fingerprint density at radius 1 is 1.33 bits per heavy atom. The van der Waals surface area contributed by atoms with Gasteiger partial charge in [0.25, 0.3) is 0 Å². The maximum absolute atomic E-state index is 12.7. The van der Waals surface area contributed by atoms with Gasteiger partial charge in [0.2, 0.25) is 6.79 Å². The molecule has 146 valence electrons. The van der Waals surface area contributed by atoms with Gasteiger partial charge in [0.05, 0.1) is 12.7 Å². The van der Waals surface area contributed by atoms with Crippen LogP contribution in [0.15, 0.2) is 29.5 Å². The third-order valence-electron chi connectivity index (χ3n) is 3.84. The molecule has 1 aliphatic rings. The number of aromatic nitrogens is 2. The summed E-state index contributed by atoms with van der Waals surface area (Å²) < 4.78 is 42.3. The van der Waals surface area contributed by atoms with E-state index in [-0.39, 0.29) is 19.1 Å². The first-order valence-electron chi connectivity index (χ1n) is 8.36. The number of aryl methyl sites for hydroxylation is 1. The van der Waals surface area contributed by atoms with Crippen LogP contribution in [0, 0.1) is 6.92 Å². The van der Waals surface area contributed by atoms with Crippen molar-refractivity contribution < 1.29 is 23.0 Å². The van der Waals surface area contributed by atoms with Crippen LogP contribution in [-0.4, -0.2) is 42.7 Å². The Labute approximate surface area is 155 Å². The SMILES string of the molecule is CN=C(NCCn1cc(C)cn1)NCc1cc2c(cc1OC(F)F)OCO2. The Morgan fingerprint density at radius 3 is 2.78 bits per heavy atom. The molecule has 0 saturated carbocycles. The number of rotatable bonds is 7. The van der Waals surface area contributed by atoms with E-state index in [4.69, 9.17) is 9.47 Å². The Balaban J connectivity index is 1.58. The second kappa shape index (κ2) is 8.56. The molecule has 2 N–H and O–H groups in total. The molecule has 0 amide bonds. The average Bonchev–Trinajstić information content (AvgIpc) is 3.25. The number of hydrogen-bond donors (Lipinski definition) is 2. The van der Waals surface area contributed by atoms with Gasteiger partial charge in [0.15, 0.2) is 17.5 Å². The number of benzene rings is 1. The number of alkyl halides is 2. The van der Waals surface area contributed by atoms with E-state index in [2.05, 4.69) is 25.5 Å². The summed E-state index contributed by atoms with van der Waals surface area (Å²) in [7, 11) is 1.63. The van der Waals surface area contributed by atoms with Crippen molar-refractivity contribution in [1.29, 1.82) is 0 Å². The summed E-state index contributed by atoms with van der Waals surface area (Å²) in [5, 5.41) is 10.4. The van der Waals surface area contributed by atoms with Crippen LogP contribution in [0.5, 0.6) is 17.2 Å². The molecule has 2 heterocycles. The Morgan fingerprint density at radius 2 is 2.11 bits per heavy atom. The molecule has 10 heteroatoms. The summed E-state index contributed by atoms with van der Waals surface area (Å²) in [6.45, 7) is 0.581. The lowest BCUT2D eigenvalue weighted by Gasteiger charge is -2.15. The van der Waals surface area contributed by atoms with Gasteiger partial charge in [-0.05, 0) is 18.6 Å². The first-order valence-corrected chi connectivity index (χ1v) is 8.36. The van der Waals surface area contributed by atoms with E-state index < -0.39 is 6.61 Å². The van der Waals surface area contributed by atoms with Crippen LogP contribution >= 0.6 is 0 Å². The molecule has 0 bridgehead atoms. The van der Waals surface area contributed by atoms with Crippen LogP contribution in [0.1, 0.15) is 11.1 Å². The summed E-state index contributed by atoms with van der Waals surface area (Å²) in [4.78, 5) is 4.12. The maximum Gasteiger partial charge on any atom is 0.387 e. The number of fused-ring (bicyclic) bond motifs is 1. The van der Waals surface area contributed by atoms with Gasteiger partial charge in [-0.1, -0.05) is 0 Å². The van der Waals surface area contributed by atoms with E-state index in [1.165, 1.54) is 6.07 Å². The molecule has 0 unspecified atom stereocenters. The molecule has 1 aromatic heterocycles. The first kappa shape index (κ1) is 18.7. The molecule has 0 spiro atoms. The molecular formula is C17H21F2N5O3. The van der Waals surface area contributed by atoms with Crippen LogP contribution in [-0.2, 0) is 13.1 Å². The predicted molar refractivity (Wildman–Crippen MR) is 94.4 cm³/mol. The fraction of sp³-hybridized carbons (Fsp3) is 0.412. The minimum atomic E-state index is -2.93. The topological polar surface area (TPSA) is 81.9 Å². The van der Waals surface area contributed by atoms with E-state index in [1.54, 1.807) is 19.3 Å². The number of guanidine groups is 1. The third kappa shape index (κ3) is 4.99. The third-order valence-corrected chi connectivity index (χ3v) is 3.84. The van der Waals surface area contributed by atoms with Crippen molar-refractivity contribution in [1.82, 2.24) is 20.4 Å². The minimum Gasteiger partial charge on any atom is -0.454 e. The van der Waals surface area contributed by atoms with Gasteiger partial charge in [-0.3, -0.25) is 9.67 Å². The smallest absolute Gasteiger partial charge is 0.387 e. The number of nitrogens with zero attached hydrogens (tertiary/aromatic N) is 3. The zero-order valence-electron chi connectivity index (χ0n) is 15.0. The van der Waals surface area contributed by atoms with Crippen molar-refractivity contribution in [2.24, 2.45) is 4.99 Å². The molecule has 0 fully saturated rings. The fourth-order valence-corrected chi connectivity index (χ4v) is 2.59. The quantitative estimate of drug-likeness (QED) is 0.563. The molecule has 1 aromatic carbocycles. The summed E-state index contributed by atoms with van der Waals surface area (Å²) in [6.07, 6.45) is 3.73. The van der Waals surface area contributed by atoms with Gasteiger partial charge in [0.1, 0.15) is 5.75 Å². The number of aliphatic imine (C=N–C) groups is 1. The van der Waals surface area contributed by atoms with Gasteiger partial charge in [-0.25, -0.2) is 0 Å². The summed E-state index contributed by atoms with van der Waals surface area (Å²) >= 11 is 0. The van der Waals surface area contributed by atoms with E-state index >= 15 is 0 Å². The van der Waals surface area contributed by atoms with Gasteiger partial charge in [-0.15, -0.1) is 0 Å². The summed E-state index contributed by atoms with van der Waals surface area (Å²) in [5.74, 6) is 1.43. The van der Waals surface area contributed by atoms with E-state index in [1.807, 2.05) is 17.8 Å². The highest BCUT2D eigenvalue weighted by atomic mass is 19.3. The van der Waals surface area contributed by atoms with Gasteiger partial charge in [0, 0.05) is 38.0 Å². The van der Waals surface area contributed by atoms with Crippen LogP contribution in [0.4, 0.5) is 8.78 Å². The molecule has 0 atom stereocenters. The van der Waals surface area contributed by atoms with Crippen LogP contribution in [0.25, 0.3) is 0 Å². The standard InChI is InChI=1S/C17H21F2N5O3/c1-11-7-23-24(9-11)4-3-21-17(20-2)22-8-12-5-14-15(26-10-25-14)6-13(12)27-16(18)19/h5-7,9,16H,3-4,8,10H2,1-2H3,(H2,20,21,22). The van der Waals surface area contributed by atoms with Gasteiger partial charge in [-0.2, -0.15) is 13.9 Å². The highest BCUT2D eigenvalue weighted by Crippen LogP contribution is 2.38. The van der Waals surface area contributed by atoms with E-state index in [9.17, 15) is 8.78 Å². The molecule has 27 heavy (non-hydrogen) atoms. The lowest BCUT2D eigenvalue weighted by atomic mass is 10.1. The second-order valence-corrected chi connectivity index (χ2v) is 5.82. The zero-order chi connectivity index (χ0) is 19.2. The van der Waals surface area contributed by atoms with Crippen molar-refractivity contribution in [3.63, 3.8) is 0 Å². The molecular weight excluding hydrogens is 360 g/mol. The summed E-state index contributed by atoms with van der Waals surface area (Å²) in [6, 6.07) is 3.02. The molecule has 1 aliphatic heterocycles. The monoisotopic (exact) mass is 381 g/mol. The largest absolute Gasteiger partial charge is 0.454 e. The van der Waals surface area contributed by atoms with Crippen molar-refractivity contribution in [2.45, 2.75) is 26.6 Å². The number of halogens is 2. The molecule has 8 nitrogen and oxygen atoms in total. The van der Waals surface area contributed by atoms with Crippen LogP contribution in [0.3, 0.4) is 0 Å². The first-order chi connectivity index (χ1) is 13.0. The predicted octanol–water partition coefficient (Wildman–Crippen LogP) is 1.89.